The minimum absolute atomic E-state index is 0.0560. The highest BCUT2D eigenvalue weighted by molar-refractivity contribution is 7.60. The maximum Gasteiger partial charge on any atom is 0.323 e. The van der Waals surface area contributed by atoms with Crippen LogP contribution in [0.2, 0.25) is 0 Å². The first-order valence-corrected chi connectivity index (χ1v) is 9.22. The fraction of sp³-hybridized carbons (Fsp3) is 0.294. The molecular weight excluding hydrogens is 313 g/mol. The van der Waals surface area contributed by atoms with E-state index in [0.29, 0.717) is 18.4 Å². The Hall–Kier alpha value is -1.97. The maximum absolute atomic E-state index is 12.8. The summed E-state index contributed by atoms with van der Waals surface area (Å²) in [6, 6.07) is 12.0. The number of aliphatic carboxylic acids is 1. The van der Waals surface area contributed by atoms with E-state index in [4.69, 9.17) is 0 Å². The summed E-state index contributed by atoms with van der Waals surface area (Å²) in [6.45, 7) is 1.33. The maximum atomic E-state index is 12.8. The standard InChI is InChI=1S/C17H20NO4P/c1-17(16(19)20,15-9-3-2-4-10-15)23(21,22)12-6-8-14-7-5-11-18-13-14/h2-5,7,9-11,13H,6,8,12H2,1H3,(H,19,20)(H,21,22). The molecule has 2 atom stereocenters. The van der Waals surface area contributed by atoms with Crippen molar-refractivity contribution in [3.05, 3.63) is 66.0 Å². The van der Waals surface area contributed by atoms with Crippen LogP contribution in [0.4, 0.5) is 0 Å². The number of carboxylic acids is 1. The van der Waals surface area contributed by atoms with E-state index in [1.807, 2.05) is 6.07 Å². The van der Waals surface area contributed by atoms with Crippen LogP contribution in [-0.4, -0.2) is 27.1 Å². The second-order valence-corrected chi connectivity index (χ2v) is 8.38. The summed E-state index contributed by atoms with van der Waals surface area (Å²) in [4.78, 5) is 26.3. The van der Waals surface area contributed by atoms with Crippen molar-refractivity contribution in [1.29, 1.82) is 0 Å². The monoisotopic (exact) mass is 333 g/mol. The number of hydrogen-bond donors (Lipinski definition) is 2. The Balaban J connectivity index is 2.17. The van der Waals surface area contributed by atoms with Gasteiger partial charge >= 0.3 is 5.97 Å². The lowest BCUT2D eigenvalue weighted by Gasteiger charge is -2.30. The van der Waals surface area contributed by atoms with Gasteiger partial charge in [0.05, 0.1) is 0 Å². The molecule has 6 heteroatoms. The van der Waals surface area contributed by atoms with Gasteiger partial charge in [0.15, 0.2) is 5.16 Å². The highest BCUT2D eigenvalue weighted by Gasteiger charge is 2.50. The SMILES string of the molecule is CC(C(=O)O)(c1ccccc1)P(=O)(O)CCCc1cccnc1. The molecule has 2 N–H and O–H groups in total. The number of nitrogens with zero attached hydrogens (tertiary/aromatic N) is 1. The Morgan fingerprint density at radius 2 is 1.91 bits per heavy atom. The van der Waals surface area contributed by atoms with Crippen LogP contribution in [0.3, 0.4) is 0 Å². The number of carboxylic acid groups (broad SMARTS) is 1. The Morgan fingerprint density at radius 1 is 1.22 bits per heavy atom. The average Bonchev–Trinajstić information content (AvgIpc) is 2.55. The molecule has 1 aromatic heterocycles. The van der Waals surface area contributed by atoms with E-state index in [1.54, 1.807) is 48.8 Å². The molecule has 1 aromatic carbocycles. The third-order valence-corrected chi connectivity index (χ3v) is 6.87. The first-order valence-electron chi connectivity index (χ1n) is 7.37. The molecule has 0 aliphatic carbocycles. The molecule has 0 fully saturated rings. The summed E-state index contributed by atoms with van der Waals surface area (Å²) >= 11 is 0. The van der Waals surface area contributed by atoms with Crippen molar-refractivity contribution in [2.24, 2.45) is 0 Å². The number of aryl methyl sites for hydroxylation is 1. The number of pyridine rings is 1. The Bertz CT molecular complexity index is 705. The van der Waals surface area contributed by atoms with Gasteiger partial charge in [-0.2, -0.15) is 0 Å². The Kier molecular flexibility index (Phi) is 5.34. The molecule has 0 spiro atoms. The summed E-state index contributed by atoms with van der Waals surface area (Å²) in [7, 11) is -3.95. The number of rotatable bonds is 7. The van der Waals surface area contributed by atoms with Crippen LogP contribution in [0.15, 0.2) is 54.9 Å². The topological polar surface area (TPSA) is 87.5 Å². The van der Waals surface area contributed by atoms with Gasteiger partial charge < -0.3 is 10.00 Å². The van der Waals surface area contributed by atoms with E-state index >= 15 is 0 Å². The smallest absolute Gasteiger partial charge is 0.323 e. The fourth-order valence-corrected chi connectivity index (χ4v) is 4.39. The lowest BCUT2D eigenvalue weighted by Crippen LogP contribution is -2.33. The molecule has 0 aliphatic rings. The predicted octanol–water partition coefficient (Wildman–Crippen LogP) is 3.28. The van der Waals surface area contributed by atoms with Gasteiger partial charge in [-0.05, 0) is 37.0 Å². The Labute approximate surface area is 135 Å². The zero-order chi connectivity index (χ0) is 16.9. The lowest BCUT2D eigenvalue weighted by molar-refractivity contribution is -0.140. The minimum atomic E-state index is -3.95. The molecule has 1 heterocycles. The predicted molar refractivity (Wildman–Crippen MR) is 88.7 cm³/mol. The molecule has 0 bridgehead atoms. The van der Waals surface area contributed by atoms with Gasteiger partial charge in [-0.3, -0.25) is 14.3 Å². The zero-order valence-corrected chi connectivity index (χ0v) is 13.8. The van der Waals surface area contributed by atoms with E-state index in [2.05, 4.69) is 4.98 Å². The van der Waals surface area contributed by atoms with E-state index < -0.39 is 18.5 Å². The van der Waals surface area contributed by atoms with Crippen molar-refractivity contribution in [3.63, 3.8) is 0 Å². The second-order valence-electron chi connectivity index (χ2n) is 5.63. The second kappa shape index (κ2) is 7.07. The molecule has 5 nitrogen and oxygen atoms in total. The van der Waals surface area contributed by atoms with Crippen molar-refractivity contribution in [2.45, 2.75) is 24.9 Å². The fourth-order valence-electron chi connectivity index (χ4n) is 2.50. The molecular formula is C17H20NO4P. The molecule has 23 heavy (non-hydrogen) atoms. The van der Waals surface area contributed by atoms with Gasteiger partial charge in [0.2, 0.25) is 7.37 Å². The molecule has 2 aromatic rings. The van der Waals surface area contributed by atoms with Gasteiger partial charge in [-0.15, -0.1) is 0 Å². The van der Waals surface area contributed by atoms with Crippen molar-refractivity contribution in [3.8, 4) is 0 Å². The first kappa shape index (κ1) is 17.4. The molecule has 0 aliphatic heterocycles. The quantitative estimate of drug-likeness (QED) is 0.759. The third kappa shape index (κ3) is 3.69. The number of benzene rings is 1. The summed E-state index contributed by atoms with van der Waals surface area (Å²) in [5, 5.41) is 7.79. The number of carbonyl (C=O) groups is 1. The Morgan fingerprint density at radius 3 is 2.48 bits per heavy atom. The highest BCUT2D eigenvalue weighted by atomic mass is 31.2. The molecule has 0 saturated carbocycles. The van der Waals surface area contributed by atoms with E-state index in [9.17, 15) is 19.4 Å². The van der Waals surface area contributed by atoms with E-state index in [-0.39, 0.29) is 6.16 Å². The number of hydrogen-bond acceptors (Lipinski definition) is 3. The largest absolute Gasteiger partial charge is 0.480 e. The average molecular weight is 333 g/mol. The van der Waals surface area contributed by atoms with Crippen LogP contribution in [-0.2, 0) is 20.9 Å². The van der Waals surface area contributed by atoms with Crippen molar-refractivity contribution in [1.82, 2.24) is 4.98 Å². The van der Waals surface area contributed by atoms with Gasteiger partial charge in [0.25, 0.3) is 0 Å². The zero-order valence-electron chi connectivity index (χ0n) is 12.9. The van der Waals surface area contributed by atoms with Crippen molar-refractivity contribution >= 4 is 13.3 Å². The van der Waals surface area contributed by atoms with Gasteiger partial charge in [0, 0.05) is 18.6 Å². The van der Waals surface area contributed by atoms with Crippen LogP contribution in [0.25, 0.3) is 0 Å². The highest BCUT2D eigenvalue weighted by Crippen LogP contribution is 2.60. The van der Waals surface area contributed by atoms with Crippen LogP contribution < -0.4 is 0 Å². The molecule has 0 radical (unpaired) electrons. The van der Waals surface area contributed by atoms with Crippen LogP contribution in [0.5, 0.6) is 0 Å². The number of aromatic nitrogens is 1. The van der Waals surface area contributed by atoms with Gasteiger partial charge in [0.1, 0.15) is 0 Å². The van der Waals surface area contributed by atoms with Crippen LogP contribution in [0.1, 0.15) is 24.5 Å². The van der Waals surface area contributed by atoms with E-state index in [0.717, 1.165) is 5.56 Å². The molecule has 0 saturated heterocycles. The van der Waals surface area contributed by atoms with Gasteiger partial charge in [-0.1, -0.05) is 36.4 Å². The molecule has 2 unspecified atom stereocenters. The van der Waals surface area contributed by atoms with Crippen LogP contribution in [0, 0.1) is 0 Å². The van der Waals surface area contributed by atoms with Gasteiger partial charge in [-0.25, -0.2) is 0 Å². The van der Waals surface area contributed by atoms with Crippen molar-refractivity contribution in [2.75, 3.05) is 6.16 Å². The summed E-state index contributed by atoms with van der Waals surface area (Å²) in [6.07, 6.45) is 4.32. The molecule has 2 rings (SSSR count). The summed E-state index contributed by atoms with van der Waals surface area (Å²) in [5.74, 6) is -1.28. The molecule has 0 amide bonds. The first-order chi connectivity index (χ1) is 10.9. The summed E-state index contributed by atoms with van der Waals surface area (Å²) in [5.41, 5.74) is 1.31. The van der Waals surface area contributed by atoms with Crippen LogP contribution >= 0.6 is 7.37 Å². The normalized spacial score (nSPS) is 16.3. The lowest BCUT2D eigenvalue weighted by atomic mass is 10.0. The summed E-state index contributed by atoms with van der Waals surface area (Å²) < 4.78 is 12.8. The van der Waals surface area contributed by atoms with E-state index in [1.165, 1.54) is 6.92 Å². The molecule has 122 valence electrons. The van der Waals surface area contributed by atoms with Crippen molar-refractivity contribution < 1.29 is 19.4 Å². The minimum Gasteiger partial charge on any atom is -0.480 e. The third-order valence-electron chi connectivity index (χ3n) is 4.10.